The summed E-state index contributed by atoms with van der Waals surface area (Å²) in [6.45, 7) is 2.88. The third-order valence-corrected chi connectivity index (χ3v) is 3.47. The average Bonchev–Trinajstić information content (AvgIpc) is 2.23. The zero-order valence-corrected chi connectivity index (χ0v) is 14.1. The smallest absolute Gasteiger partial charge is 0.0502 e. The zero-order valence-electron chi connectivity index (χ0n) is 10.5. The molecule has 0 bridgehead atoms. The Morgan fingerprint density at radius 3 is 2.83 bits per heavy atom. The van der Waals surface area contributed by atoms with Crippen LogP contribution >= 0.6 is 0 Å². The van der Waals surface area contributed by atoms with E-state index in [0.29, 0.717) is 5.69 Å². The summed E-state index contributed by atoms with van der Waals surface area (Å²) in [5.41, 5.74) is 3.97. The third kappa shape index (κ3) is 4.30. The van der Waals surface area contributed by atoms with Gasteiger partial charge in [-0.2, -0.15) is 0 Å². The maximum absolute atomic E-state index is 10.7. The molecule has 1 aliphatic rings. The van der Waals surface area contributed by atoms with Gasteiger partial charge in [-0.15, -0.1) is 0 Å². The second-order valence-electron chi connectivity index (χ2n) is 4.40. The molecular weight excluding hydrogens is 325 g/mol. The molecule has 4 nitrogen and oxygen atoms in total. The third-order valence-electron chi connectivity index (χ3n) is 3.08. The van der Waals surface area contributed by atoms with E-state index in [4.69, 9.17) is 0 Å². The van der Waals surface area contributed by atoms with Crippen LogP contribution in [0.25, 0.3) is 0 Å². The van der Waals surface area contributed by atoms with Crippen molar-refractivity contribution in [1.29, 1.82) is 0 Å². The number of hydrogen-bond acceptors (Lipinski definition) is 3. The molecule has 1 atom stereocenters. The summed E-state index contributed by atoms with van der Waals surface area (Å²) >= 11 is -2.26. The van der Waals surface area contributed by atoms with E-state index in [2.05, 4.69) is 16.1 Å². The monoisotopic (exact) mass is 342 g/mol. The van der Waals surface area contributed by atoms with Gasteiger partial charge in [-0.1, -0.05) is 12.5 Å². The van der Waals surface area contributed by atoms with E-state index in [1.807, 2.05) is 13.0 Å². The molecule has 0 amide bonds. The molecule has 6 heteroatoms. The van der Waals surface area contributed by atoms with Gasteiger partial charge in [0.25, 0.3) is 0 Å². The fraction of sp³-hybridized carbons (Fsp3) is 0.500. The second kappa shape index (κ2) is 7.58. The van der Waals surface area contributed by atoms with Crippen LogP contribution in [0.1, 0.15) is 30.4 Å². The summed E-state index contributed by atoms with van der Waals surface area (Å²) in [5, 5.41) is 3.36. The summed E-state index contributed by atoms with van der Waals surface area (Å²) in [6.07, 6.45) is 4.68. The van der Waals surface area contributed by atoms with Crippen LogP contribution in [0.3, 0.4) is 0 Å². The van der Waals surface area contributed by atoms with Gasteiger partial charge in [-0.25, -0.2) is 0 Å². The van der Waals surface area contributed by atoms with Crippen molar-refractivity contribution in [2.45, 2.75) is 32.6 Å². The molecule has 18 heavy (non-hydrogen) atoms. The van der Waals surface area contributed by atoms with E-state index in [1.54, 1.807) is 0 Å². The molecule has 1 aromatic carbocycles. The van der Waals surface area contributed by atoms with Crippen molar-refractivity contribution in [2.75, 3.05) is 16.6 Å². The number of aryl methyl sites for hydroxylation is 2. The van der Waals surface area contributed by atoms with E-state index in [9.17, 15) is 8.76 Å². The maximum Gasteiger partial charge on any atom is 0.0502 e. The quantitative estimate of drug-likeness (QED) is 0.811. The average molecular weight is 342 g/mol. The van der Waals surface area contributed by atoms with Gasteiger partial charge in [0.15, 0.2) is 0 Å². The summed E-state index contributed by atoms with van der Waals surface area (Å²) in [5.74, 6) is 0. The number of fused-ring (bicyclic) bond motifs is 1. The predicted molar refractivity (Wildman–Crippen MR) is 69.8 cm³/mol. The van der Waals surface area contributed by atoms with E-state index >= 15 is 0 Å². The molecule has 0 aromatic heterocycles. The first kappa shape index (κ1) is 16.1. The maximum atomic E-state index is 10.7. The first-order valence-corrected chi connectivity index (χ1v) is 6.97. The van der Waals surface area contributed by atoms with Crippen molar-refractivity contribution in [3.63, 3.8) is 0 Å². The Morgan fingerprint density at radius 2 is 2.11 bits per heavy atom. The topological polar surface area (TPSA) is 64.2 Å². The Hall–Kier alpha value is 0.0339. The van der Waals surface area contributed by atoms with Crippen LogP contribution in [0.2, 0.25) is 0 Å². The fourth-order valence-electron chi connectivity index (χ4n) is 2.18. The SMILES string of the molecule is Cc1cc2c(cc1NS(=O)[O-])NCCCCC2.[Y]. The molecule has 1 radical (unpaired) electrons. The summed E-state index contributed by atoms with van der Waals surface area (Å²) in [6, 6.07) is 3.97. The summed E-state index contributed by atoms with van der Waals surface area (Å²) in [4.78, 5) is 0. The van der Waals surface area contributed by atoms with Gasteiger partial charge in [-0.05, 0) is 43.4 Å². The number of anilines is 2. The van der Waals surface area contributed by atoms with Gasteiger partial charge >= 0.3 is 0 Å². The van der Waals surface area contributed by atoms with Gasteiger partial charge in [0.05, 0.1) is 5.69 Å². The van der Waals surface area contributed by atoms with Crippen LogP contribution in [0.4, 0.5) is 11.4 Å². The standard InChI is InChI=1S/C12H18N2O2S.Y/c1-9-7-10-5-3-2-4-6-13-12(10)8-11(9)14-17(15)16;/h7-8,13-14H,2-6H2,1H3,(H,15,16);/p-1. The molecule has 2 N–H and O–H groups in total. The molecule has 1 aromatic rings. The van der Waals surface area contributed by atoms with Crippen LogP contribution in [0.5, 0.6) is 0 Å². The van der Waals surface area contributed by atoms with E-state index < -0.39 is 11.3 Å². The van der Waals surface area contributed by atoms with Gasteiger partial charge in [0.1, 0.15) is 0 Å². The minimum Gasteiger partial charge on any atom is -0.755 e. The van der Waals surface area contributed by atoms with Crippen molar-refractivity contribution in [3.8, 4) is 0 Å². The Balaban J connectivity index is 0.00000162. The summed E-state index contributed by atoms with van der Waals surface area (Å²) < 4.78 is 23.8. The molecule has 0 saturated heterocycles. The molecule has 0 aliphatic carbocycles. The molecule has 0 spiro atoms. The number of hydrogen-bond donors (Lipinski definition) is 2. The Labute approximate surface area is 136 Å². The van der Waals surface area contributed by atoms with Crippen molar-refractivity contribution in [1.82, 2.24) is 0 Å². The van der Waals surface area contributed by atoms with Crippen LogP contribution < -0.4 is 10.0 Å². The number of nitrogens with one attached hydrogen (secondary N) is 2. The first-order valence-electron chi connectivity index (χ1n) is 5.90. The van der Waals surface area contributed by atoms with Gasteiger partial charge in [0.2, 0.25) is 0 Å². The van der Waals surface area contributed by atoms with E-state index in [-0.39, 0.29) is 32.7 Å². The van der Waals surface area contributed by atoms with Gasteiger partial charge in [-0.3, -0.25) is 4.21 Å². The molecule has 0 saturated carbocycles. The predicted octanol–water partition coefficient (Wildman–Crippen LogP) is 2.34. The van der Waals surface area contributed by atoms with Crippen molar-refractivity contribution >= 4 is 22.6 Å². The first-order chi connectivity index (χ1) is 8.16. The Morgan fingerprint density at radius 1 is 1.33 bits per heavy atom. The zero-order chi connectivity index (χ0) is 12.3. The Bertz CT molecular complexity index is 440. The number of benzene rings is 1. The van der Waals surface area contributed by atoms with Crippen molar-refractivity contribution in [3.05, 3.63) is 23.3 Å². The molecular formula is C12H17N2O2SY-. The van der Waals surface area contributed by atoms with Crippen molar-refractivity contribution < 1.29 is 41.5 Å². The normalized spacial score (nSPS) is 16.3. The van der Waals surface area contributed by atoms with Gasteiger partial charge in [0, 0.05) is 56.2 Å². The molecule has 97 valence electrons. The van der Waals surface area contributed by atoms with Crippen LogP contribution in [-0.4, -0.2) is 15.3 Å². The molecule has 1 aliphatic heterocycles. The second-order valence-corrected chi connectivity index (χ2v) is 5.07. The number of rotatable bonds is 2. The van der Waals surface area contributed by atoms with Crippen LogP contribution in [-0.2, 0) is 50.4 Å². The van der Waals surface area contributed by atoms with Crippen molar-refractivity contribution in [2.24, 2.45) is 0 Å². The molecule has 0 fully saturated rings. The summed E-state index contributed by atoms with van der Waals surface area (Å²) in [7, 11) is 0. The van der Waals surface area contributed by atoms with E-state index in [1.165, 1.54) is 24.8 Å². The van der Waals surface area contributed by atoms with Crippen LogP contribution in [0.15, 0.2) is 12.1 Å². The molecule has 1 unspecified atom stereocenters. The van der Waals surface area contributed by atoms with Crippen LogP contribution in [0, 0.1) is 6.92 Å². The largest absolute Gasteiger partial charge is 0.755 e. The van der Waals surface area contributed by atoms with E-state index in [0.717, 1.165) is 24.2 Å². The Kier molecular flexibility index (Phi) is 6.78. The van der Waals surface area contributed by atoms with Gasteiger partial charge < -0.3 is 14.6 Å². The molecule has 2 rings (SSSR count). The fourth-order valence-corrected chi connectivity index (χ4v) is 2.58. The molecule has 1 heterocycles. The minimum atomic E-state index is -2.26. The minimum absolute atomic E-state index is 0.